The van der Waals surface area contributed by atoms with Crippen molar-refractivity contribution in [3.8, 4) is 0 Å². The molecule has 0 aromatic carbocycles. The molecule has 0 bridgehead atoms. The third kappa shape index (κ3) is 14.3. The molecule has 1 fully saturated rings. The van der Waals surface area contributed by atoms with Crippen LogP contribution in [-0.2, 0) is 4.79 Å². The van der Waals surface area contributed by atoms with Crippen molar-refractivity contribution in [2.75, 3.05) is 19.6 Å². The first-order valence-electron chi connectivity index (χ1n) is 9.08. The zero-order valence-corrected chi connectivity index (χ0v) is 14.2. The molecule has 0 saturated carbocycles. The first-order valence-corrected chi connectivity index (χ1v) is 9.08. The third-order valence-corrected chi connectivity index (χ3v) is 4.02. The van der Waals surface area contributed by atoms with E-state index in [0.717, 1.165) is 32.5 Å². The highest BCUT2D eigenvalue weighted by Gasteiger charge is 2.20. The lowest BCUT2D eigenvalue weighted by Crippen LogP contribution is -2.29. The molecule has 0 unspecified atom stereocenters. The first kappa shape index (κ1) is 21.4. The van der Waals surface area contributed by atoms with Gasteiger partial charge in [-0.15, -0.1) is 0 Å². The van der Waals surface area contributed by atoms with Crippen molar-refractivity contribution in [2.45, 2.75) is 83.1 Å². The van der Waals surface area contributed by atoms with Crippen LogP contribution in [0.4, 0.5) is 0 Å². The molecule has 1 atom stereocenters. The Morgan fingerprint density at radius 3 is 1.50 bits per heavy atom. The number of carbonyl (C=O) groups is 1. The maximum absolute atomic E-state index is 10.1. The number of rotatable bonds is 12. The fourth-order valence-corrected chi connectivity index (χ4v) is 2.60. The molecule has 1 saturated heterocycles. The monoisotopic (exact) mass is 315 g/mol. The summed E-state index contributed by atoms with van der Waals surface area (Å²) in [6, 6.07) is -0.269. The van der Waals surface area contributed by atoms with E-state index in [2.05, 4.69) is 5.32 Å². The van der Waals surface area contributed by atoms with Gasteiger partial charge in [0.05, 0.1) is 0 Å². The van der Waals surface area contributed by atoms with E-state index >= 15 is 0 Å². The summed E-state index contributed by atoms with van der Waals surface area (Å²) >= 11 is 0. The highest BCUT2D eigenvalue weighted by molar-refractivity contribution is 5.73. The fraction of sp³-hybridized carbons (Fsp3) is 0.941. The second-order valence-corrected chi connectivity index (χ2v) is 6.10. The van der Waals surface area contributed by atoms with Crippen molar-refractivity contribution in [3.05, 3.63) is 0 Å². The number of hydrogen-bond donors (Lipinski definition) is 4. The normalized spacial score (nSPS) is 17.1. The summed E-state index contributed by atoms with van der Waals surface area (Å²) in [5.74, 6) is -0.720. The largest absolute Gasteiger partial charge is 0.480 e. The van der Waals surface area contributed by atoms with E-state index in [9.17, 15) is 4.79 Å². The number of unbranched alkanes of at least 4 members (excludes halogenated alkanes) is 9. The Labute approximate surface area is 136 Å². The number of hydrogen-bond acceptors (Lipinski definition) is 4. The van der Waals surface area contributed by atoms with Crippen LogP contribution in [0.3, 0.4) is 0 Å². The third-order valence-electron chi connectivity index (χ3n) is 4.02. The minimum atomic E-state index is -0.720. The minimum absolute atomic E-state index is 0.269. The van der Waals surface area contributed by atoms with Crippen LogP contribution in [0.25, 0.3) is 0 Å². The van der Waals surface area contributed by atoms with E-state index in [-0.39, 0.29) is 6.04 Å². The van der Waals surface area contributed by atoms with Gasteiger partial charge in [0.1, 0.15) is 6.04 Å². The Morgan fingerprint density at radius 2 is 1.27 bits per heavy atom. The van der Waals surface area contributed by atoms with Gasteiger partial charge in [0.25, 0.3) is 0 Å². The van der Waals surface area contributed by atoms with Crippen molar-refractivity contribution in [1.82, 2.24) is 5.32 Å². The Hall–Kier alpha value is -0.650. The molecule has 5 nitrogen and oxygen atoms in total. The van der Waals surface area contributed by atoms with Crippen molar-refractivity contribution in [3.63, 3.8) is 0 Å². The van der Waals surface area contributed by atoms with Crippen LogP contribution in [0.2, 0.25) is 0 Å². The first-order chi connectivity index (χ1) is 10.7. The molecule has 5 heteroatoms. The van der Waals surface area contributed by atoms with Crippen molar-refractivity contribution in [1.29, 1.82) is 0 Å². The Bertz CT molecular complexity index is 232. The lowest BCUT2D eigenvalue weighted by Gasteiger charge is -2.01. The molecule has 0 aliphatic carbocycles. The Morgan fingerprint density at radius 1 is 0.864 bits per heavy atom. The van der Waals surface area contributed by atoms with Crippen LogP contribution in [0.1, 0.15) is 77.0 Å². The van der Waals surface area contributed by atoms with Gasteiger partial charge in [-0.3, -0.25) is 4.79 Å². The maximum atomic E-state index is 10.1. The predicted molar refractivity (Wildman–Crippen MR) is 92.9 cm³/mol. The average molecular weight is 316 g/mol. The summed E-state index contributed by atoms with van der Waals surface area (Å²) in [5, 5.41) is 11.2. The Balaban J connectivity index is 0.000000461. The molecule has 0 radical (unpaired) electrons. The molecule has 132 valence electrons. The van der Waals surface area contributed by atoms with Crippen LogP contribution in [0.5, 0.6) is 0 Å². The summed E-state index contributed by atoms with van der Waals surface area (Å²) in [5.41, 5.74) is 10.9. The van der Waals surface area contributed by atoms with Gasteiger partial charge in [0.2, 0.25) is 0 Å². The van der Waals surface area contributed by atoms with Gasteiger partial charge in [0, 0.05) is 0 Å². The molecule has 0 aromatic heterocycles. The molecule has 0 aromatic rings. The van der Waals surface area contributed by atoms with Gasteiger partial charge in [-0.25, -0.2) is 0 Å². The summed E-state index contributed by atoms with van der Waals surface area (Å²) in [7, 11) is 0. The van der Waals surface area contributed by atoms with Gasteiger partial charge in [-0.1, -0.05) is 51.4 Å². The molecule has 1 rings (SSSR count). The van der Waals surface area contributed by atoms with E-state index in [1.165, 1.54) is 64.2 Å². The molecular formula is C17H37N3O2. The fourth-order valence-electron chi connectivity index (χ4n) is 2.60. The standard InChI is InChI=1S/C12H28N2.C5H9NO2/c13-11-9-7-5-3-1-2-4-6-8-10-12-14;7-5(8)4-2-1-3-6-4/h1-14H2;4,6H,1-3H2,(H,7,8)/t;4-/m.1/s1. The summed E-state index contributed by atoms with van der Waals surface area (Å²) < 4.78 is 0. The minimum Gasteiger partial charge on any atom is -0.480 e. The number of aliphatic carboxylic acids is 1. The second kappa shape index (κ2) is 16.7. The molecule has 0 spiro atoms. The average Bonchev–Trinajstić information content (AvgIpc) is 3.04. The van der Waals surface area contributed by atoms with E-state index < -0.39 is 5.97 Å². The topological polar surface area (TPSA) is 101 Å². The molecule has 0 amide bonds. The van der Waals surface area contributed by atoms with E-state index in [1.54, 1.807) is 0 Å². The second-order valence-electron chi connectivity index (χ2n) is 6.10. The number of nitrogens with one attached hydrogen (secondary N) is 1. The van der Waals surface area contributed by atoms with Gasteiger partial charge < -0.3 is 21.9 Å². The molecule has 6 N–H and O–H groups in total. The van der Waals surface area contributed by atoms with Crippen LogP contribution in [0, 0.1) is 0 Å². The lowest BCUT2D eigenvalue weighted by molar-refractivity contribution is -0.139. The van der Waals surface area contributed by atoms with Crippen LogP contribution in [-0.4, -0.2) is 36.8 Å². The van der Waals surface area contributed by atoms with Gasteiger partial charge >= 0.3 is 5.97 Å². The zero-order valence-electron chi connectivity index (χ0n) is 14.2. The lowest BCUT2D eigenvalue weighted by atomic mass is 10.1. The summed E-state index contributed by atoms with van der Waals surface area (Å²) in [4.78, 5) is 10.1. The smallest absolute Gasteiger partial charge is 0.320 e. The van der Waals surface area contributed by atoms with Crippen molar-refractivity contribution >= 4 is 5.97 Å². The zero-order chi connectivity index (χ0) is 16.5. The Kier molecular flexibility index (Phi) is 16.2. The van der Waals surface area contributed by atoms with Gasteiger partial charge in [-0.2, -0.15) is 0 Å². The number of nitrogens with two attached hydrogens (primary N) is 2. The number of carboxylic acid groups (broad SMARTS) is 1. The molecule has 1 heterocycles. The quantitative estimate of drug-likeness (QED) is 0.415. The number of carboxylic acids is 1. The maximum Gasteiger partial charge on any atom is 0.320 e. The van der Waals surface area contributed by atoms with E-state index in [0.29, 0.717) is 0 Å². The predicted octanol–water partition coefficient (Wildman–Crippen LogP) is 2.63. The van der Waals surface area contributed by atoms with Crippen molar-refractivity contribution in [2.24, 2.45) is 11.5 Å². The van der Waals surface area contributed by atoms with E-state index in [4.69, 9.17) is 16.6 Å². The molecule has 1 aliphatic heterocycles. The van der Waals surface area contributed by atoms with Crippen molar-refractivity contribution < 1.29 is 9.90 Å². The van der Waals surface area contributed by atoms with Crippen LogP contribution in [0.15, 0.2) is 0 Å². The molecule has 22 heavy (non-hydrogen) atoms. The SMILES string of the molecule is NCCCCCCCCCCCCN.O=C(O)[C@H]1CCCN1. The van der Waals surface area contributed by atoms with Gasteiger partial charge in [-0.05, 0) is 45.3 Å². The highest BCUT2D eigenvalue weighted by Crippen LogP contribution is 2.09. The van der Waals surface area contributed by atoms with Crippen LogP contribution < -0.4 is 16.8 Å². The summed E-state index contributed by atoms with van der Waals surface area (Å²) in [6.07, 6.45) is 15.2. The summed E-state index contributed by atoms with van der Waals surface area (Å²) in [6.45, 7) is 2.58. The van der Waals surface area contributed by atoms with Crippen LogP contribution >= 0.6 is 0 Å². The molecule has 1 aliphatic rings. The van der Waals surface area contributed by atoms with Gasteiger partial charge in [0.15, 0.2) is 0 Å². The highest BCUT2D eigenvalue weighted by atomic mass is 16.4. The van der Waals surface area contributed by atoms with E-state index in [1.807, 2.05) is 0 Å². The molecular weight excluding hydrogens is 278 g/mol.